The highest BCUT2D eigenvalue weighted by Gasteiger charge is 2.34. The molecule has 0 heterocycles. The molecule has 0 aliphatic heterocycles. The Kier molecular flexibility index (Phi) is 2.55. The van der Waals surface area contributed by atoms with Crippen LogP contribution in [0.1, 0.15) is 40.0 Å². The van der Waals surface area contributed by atoms with Gasteiger partial charge in [0.05, 0.1) is 0 Å². The Morgan fingerprint density at radius 3 is 2.42 bits per heavy atom. The number of rotatable bonds is 0. The monoisotopic (exact) mass is 172 g/mol. The van der Waals surface area contributed by atoms with E-state index in [1.165, 1.54) is 0 Å². The normalized spacial score (nSPS) is 32.2. The summed E-state index contributed by atoms with van der Waals surface area (Å²) in [7, 11) is 0. The molecule has 1 aliphatic carbocycles. The van der Waals surface area contributed by atoms with Crippen LogP contribution in [0, 0.1) is 11.3 Å². The molecule has 0 aromatic heterocycles. The van der Waals surface area contributed by atoms with Gasteiger partial charge in [-0.2, -0.15) is 0 Å². The molecule has 0 amide bonds. The van der Waals surface area contributed by atoms with Crippen molar-refractivity contribution < 1.29 is 9.18 Å². The molecule has 0 aromatic carbocycles. The summed E-state index contributed by atoms with van der Waals surface area (Å²) in [6.07, 6.45) is 0.539. The lowest BCUT2D eigenvalue weighted by molar-refractivity contribution is -0.127. The third-order valence-corrected chi connectivity index (χ3v) is 2.80. The van der Waals surface area contributed by atoms with Crippen LogP contribution in [0.4, 0.5) is 4.39 Å². The molecular weight excluding hydrogens is 155 g/mol. The minimum absolute atomic E-state index is 0.144. The van der Waals surface area contributed by atoms with Crippen LogP contribution in [0.15, 0.2) is 0 Å². The van der Waals surface area contributed by atoms with Crippen LogP contribution in [-0.2, 0) is 4.79 Å². The van der Waals surface area contributed by atoms with Crippen molar-refractivity contribution in [2.24, 2.45) is 11.3 Å². The lowest BCUT2D eigenvalue weighted by atomic mass is 9.71. The molecule has 0 bridgehead atoms. The van der Waals surface area contributed by atoms with E-state index in [9.17, 15) is 9.18 Å². The third kappa shape index (κ3) is 2.05. The highest BCUT2D eigenvalue weighted by atomic mass is 19.1. The molecule has 0 saturated heterocycles. The summed E-state index contributed by atoms with van der Waals surface area (Å²) < 4.78 is 13.0. The van der Waals surface area contributed by atoms with E-state index in [0.29, 0.717) is 18.8 Å². The molecule has 0 N–H and O–H groups in total. The lowest BCUT2D eigenvalue weighted by Crippen LogP contribution is -2.32. The minimum Gasteiger partial charge on any atom is -0.296 e. The van der Waals surface area contributed by atoms with Crippen LogP contribution in [-0.4, -0.2) is 12.0 Å². The first-order valence-electron chi connectivity index (χ1n) is 4.58. The first-order valence-corrected chi connectivity index (χ1v) is 4.58. The number of hydrogen-bond acceptors (Lipinski definition) is 1. The second-order valence-electron chi connectivity index (χ2n) is 4.77. The number of carbonyl (C=O) groups is 1. The first-order chi connectivity index (χ1) is 5.41. The van der Waals surface area contributed by atoms with Gasteiger partial charge in [-0.3, -0.25) is 4.79 Å². The maximum absolute atomic E-state index is 13.0. The third-order valence-electron chi connectivity index (χ3n) is 2.80. The highest BCUT2D eigenvalue weighted by Crippen LogP contribution is 2.37. The summed E-state index contributed by atoms with van der Waals surface area (Å²) in [6, 6.07) is 0. The second-order valence-corrected chi connectivity index (χ2v) is 4.77. The van der Waals surface area contributed by atoms with Gasteiger partial charge in [-0.05, 0) is 24.2 Å². The summed E-state index contributed by atoms with van der Waals surface area (Å²) in [5, 5.41) is 0. The molecule has 2 atom stereocenters. The van der Waals surface area contributed by atoms with E-state index >= 15 is 0 Å². The molecule has 0 aromatic rings. The van der Waals surface area contributed by atoms with Gasteiger partial charge in [-0.1, -0.05) is 20.8 Å². The van der Waals surface area contributed by atoms with Gasteiger partial charge in [0.1, 0.15) is 0 Å². The summed E-state index contributed by atoms with van der Waals surface area (Å²) in [5.41, 5.74) is 0.144. The zero-order valence-corrected chi connectivity index (χ0v) is 8.06. The van der Waals surface area contributed by atoms with Crippen LogP contribution in [0.3, 0.4) is 0 Å². The Hall–Kier alpha value is -0.400. The zero-order chi connectivity index (χ0) is 9.35. The van der Waals surface area contributed by atoms with Gasteiger partial charge in [-0.15, -0.1) is 0 Å². The van der Waals surface area contributed by atoms with Crippen LogP contribution in [0.2, 0.25) is 0 Å². The van der Waals surface area contributed by atoms with Crippen LogP contribution < -0.4 is 0 Å². The lowest BCUT2D eigenvalue weighted by Gasteiger charge is -2.34. The van der Waals surface area contributed by atoms with E-state index < -0.39 is 6.17 Å². The predicted molar refractivity (Wildman–Crippen MR) is 46.7 cm³/mol. The fourth-order valence-corrected chi connectivity index (χ4v) is 1.76. The highest BCUT2D eigenvalue weighted by molar-refractivity contribution is 5.83. The van der Waals surface area contributed by atoms with Crippen molar-refractivity contribution in [2.75, 3.05) is 0 Å². The molecule has 0 unspecified atom stereocenters. The van der Waals surface area contributed by atoms with E-state index in [0.717, 1.165) is 6.42 Å². The van der Waals surface area contributed by atoms with E-state index in [1.807, 2.05) is 0 Å². The van der Waals surface area contributed by atoms with Crippen molar-refractivity contribution in [3.63, 3.8) is 0 Å². The fourth-order valence-electron chi connectivity index (χ4n) is 1.76. The van der Waals surface area contributed by atoms with E-state index in [1.54, 1.807) is 0 Å². The van der Waals surface area contributed by atoms with Gasteiger partial charge in [0.15, 0.2) is 12.0 Å². The van der Waals surface area contributed by atoms with E-state index in [-0.39, 0.29) is 11.2 Å². The largest absolute Gasteiger partial charge is 0.296 e. The smallest absolute Gasteiger partial charge is 0.166 e. The first kappa shape index (κ1) is 9.69. The molecule has 1 rings (SSSR count). The summed E-state index contributed by atoms with van der Waals surface area (Å²) in [4.78, 5) is 10.9. The molecule has 1 fully saturated rings. The molecular formula is C10H17FO. The topological polar surface area (TPSA) is 17.1 Å². The van der Waals surface area contributed by atoms with Gasteiger partial charge in [0.25, 0.3) is 0 Å². The molecule has 1 nitrogen and oxygen atoms in total. The molecule has 0 radical (unpaired) electrons. The Balaban J connectivity index is 2.57. The summed E-state index contributed by atoms with van der Waals surface area (Å²) >= 11 is 0. The number of carbonyl (C=O) groups excluding carboxylic acids is 1. The molecule has 2 heteroatoms. The fraction of sp³-hybridized carbons (Fsp3) is 0.900. The van der Waals surface area contributed by atoms with Crippen LogP contribution in [0.5, 0.6) is 0 Å². The van der Waals surface area contributed by atoms with Crippen LogP contribution >= 0.6 is 0 Å². The Morgan fingerprint density at radius 2 is 2.00 bits per heavy atom. The van der Waals surface area contributed by atoms with Crippen LogP contribution in [0.25, 0.3) is 0 Å². The maximum Gasteiger partial charge on any atom is 0.166 e. The Morgan fingerprint density at radius 1 is 1.42 bits per heavy atom. The molecule has 1 saturated carbocycles. The SMILES string of the molecule is CC(C)(C)[C@@H]1CCC(=O)[C@H](F)C1. The van der Waals surface area contributed by atoms with Gasteiger partial charge >= 0.3 is 0 Å². The number of hydrogen-bond donors (Lipinski definition) is 0. The molecule has 1 aliphatic rings. The summed E-state index contributed by atoms with van der Waals surface area (Å²) in [5.74, 6) is 0.167. The Labute approximate surface area is 73.3 Å². The van der Waals surface area contributed by atoms with Gasteiger partial charge in [0, 0.05) is 6.42 Å². The standard InChI is InChI=1S/C10H17FO/c1-10(2,3)7-4-5-9(12)8(11)6-7/h7-8H,4-6H2,1-3H3/t7-,8-/m1/s1. The number of alkyl halides is 1. The quantitative estimate of drug-likeness (QED) is 0.549. The van der Waals surface area contributed by atoms with Crippen molar-refractivity contribution in [3.8, 4) is 0 Å². The van der Waals surface area contributed by atoms with Crippen molar-refractivity contribution in [1.82, 2.24) is 0 Å². The maximum atomic E-state index is 13.0. The van der Waals surface area contributed by atoms with Crippen molar-refractivity contribution in [3.05, 3.63) is 0 Å². The molecule has 70 valence electrons. The zero-order valence-electron chi connectivity index (χ0n) is 8.06. The van der Waals surface area contributed by atoms with Crippen molar-refractivity contribution in [2.45, 2.75) is 46.2 Å². The average molecular weight is 172 g/mol. The molecule has 12 heavy (non-hydrogen) atoms. The minimum atomic E-state index is -1.19. The van der Waals surface area contributed by atoms with E-state index in [2.05, 4.69) is 20.8 Å². The average Bonchev–Trinajstić information content (AvgIpc) is 1.92. The van der Waals surface area contributed by atoms with Gasteiger partial charge in [0.2, 0.25) is 0 Å². The number of Topliss-reactive ketones (excluding diaryl/α,β-unsaturated/α-hetero) is 1. The van der Waals surface area contributed by atoms with Crippen molar-refractivity contribution in [1.29, 1.82) is 0 Å². The van der Waals surface area contributed by atoms with Gasteiger partial charge < -0.3 is 0 Å². The molecule has 0 spiro atoms. The Bertz CT molecular complexity index is 181. The number of halogens is 1. The van der Waals surface area contributed by atoms with Gasteiger partial charge in [-0.25, -0.2) is 4.39 Å². The summed E-state index contributed by atoms with van der Waals surface area (Å²) in [6.45, 7) is 6.33. The van der Waals surface area contributed by atoms with Crippen molar-refractivity contribution >= 4 is 5.78 Å². The predicted octanol–water partition coefficient (Wildman–Crippen LogP) is 2.74. The second kappa shape index (κ2) is 3.15. The number of ketones is 1. The van der Waals surface area contributed by atoms with E-state index in [4.69, 9.17) is 0 Å².